The molecule has 0 aliphatic heterocycles. The number of esters is 1. The fourth-order valence-corrected chi connectivity index (χ4v) is 3.60. The van der Waals surface area contributed by atoms with E-state index in [0.717, 1.165) is 6.42 Å². The van der Waals surface area contributed by atoms with Gasteiger partial charge in [-0.3, -0.25) is 4.72 Å². The molecule has 2 aromatic carbocycles. The Bertz CT molecular complexity index is 895. The van der Waals surface area contributed by atoms with E-state index in [9.17, 15) is 13.2 Å². The van der Waals surface area contributed by atoms with Crippen molar-refractivity contribution >= 4 is 27.4 Å². The number of hydrogen-bond acceptors (Lipinski definition) is 6. The Hall–Kier alpha value is -2.74. The summed E-state index contributed by atoms with van der Waals surface area (Å²) in [4.78, 5) is 11.8. The highest BCUT2D eigenvalue weighted by Gasteiger charge is 2.22. The quantitative estimate of drug-likeness (QED) is 0.668. The third-order valence-electron chi connectivity index (χ3n) is 4.05. The first-order valence-electron chi connectivity index (χ1n) is 8.46. The molecule has 1 unspecified atom stereocenters. The standard InChI is InChI=1S/C19H24N2O5S/c1-5-13(2)20-17-11-6-14(19(22)26-4)12-18(17)27(23,24)21-15-7-9-16(25-3)10-8-15/h6-13,20-21H,5H2,1-4H3. The van der Waals surface area contributed by atoms with Crippen molar-refractivity contribution in [1.29, 1.82) is 0 Å². The van der Waals surface area contributed by atoms with Gasteiger partial charge < -0.3 is 14.8 Å². The van der Waals surface area contributed by atoms with Crippen molar-refractivity contribution in [2.45, 2.75) is 31.2 Å². The fraction of sp³-hybridized carbons (Fsp3) is 0.316. The molecular formula is C19H24N2O5S. The first-order chi connectivity index (χ1) is 12.8. The van der Waals surface area contributed by atoms with Crippen molar-refractivity contribution in [3.63, 3.8) is 0 Å². The number of hydrogen-bond donors (Lipinski definition) is 2. The predicted octanol–water partition coefficient (Wildman–Crippen LogP) is 3.49. The summed E-state index contributed by atoms with van der Waals surface area (Å²) in [6, 6.07) is 11.0. The van der Waals surface area contributed by atoms with Gasteiger partial charge in [0.15, 0.2) is 0 Å². The zero-order chi connectivity index (χ0) is 20.0. The highest BCUT2D eigenvalue weighted by atomic mass is 32.2. The highest BCUT2D eigenvalue weighted by Crippen LogP contribution is 2.27. The van der Waals surface area contributed by atoms with E-state index < -0.39 is 16.0 Å². The Morgan fingerprint density at radius 2 is 1.78 bits per heavy atom. The van der Waals surface area contributed by atoms with Crippen LogP contribution < -0.4 is 14.8 Å². The van der Waals surface area contributed by atoms with Crippen LogP contribution in [0.15, 0.2) is 47.4 Å². The highest BCUT2D eigenvalue weighted by molar-refractivity contribution is 7.92. The summed E-state index contributed by atoms with van der Waals surface area (Å²) in [5, 5.41) is 3.16. The molecule has 0 saturated heterocycles. The first kappa shape index (κ1) is 20.6. The maximum absolute atomic E-state index is 13.0. The van der Waals surface area contributed by atoms with E-state index in [-0.39, 0.29) is 16.5 Å². The molecule has 0 fully saturated rings. The average Bonchev–Trinajstić information content (AvgIpc) is 2.67. The normalized spacial score (nSPS) is 12.1. The van der Waals surface area contributed by atoms with Gasteiger partial charge in [0.2, 0.25) is 0 Å². The number of carbonyl (C=O) groups is 1. The second kappa shape index (κ2) is 8.77. The van der Waals surface area contributed by atoms with Gasteiger partial charge in [0, 0.05) is 11.7 Å². The van der Waals surface area contributed by atoms with Gasteiger partial charge in [-0.2, -0.15) is 0 Å². The largest absolute Gasteiger partial charge is 0.497 e. The van der Waals surface area contributed by atoms with Crippen LogP contribution in [0.4, 0.5) is 11.4 Å². The van der Waals surface area contributed by atoms with Crippen molar-refractivity contribution in [1.82, 2.24) is 0 Å². The van der Waals surface area contributed by atoms with Gasteiger partial charge in [-0.1, -0.05) is 6.92 Å². The maximum Gasteiger partial charge on any atom is 0.337 e. The molecule has 8 heteroatoms. The zero-order valence-electron chi connectivity index (χ0n) is 15.8. The summed E-state index contributed by atoms with van der Waals surface area (Å²) in [6.07, 6.45) is 0.810. The summed E-state index contributed by atoms with van der Waals surface area (Å²) >= 11 is 0. The van der Waals surface area contributed by atoms with Crippen LogP contribution >= 0.6 is 0 Å². The summed E-state index contributed by atoms with van der Waals surface area (Å²) in [5.74, 6) is 0.00995. The van der Waals surface area contributed by atoms with Gasteiger partial charge in [-0.25, -0.2) is 13.2 Å². The molecular weight excluding hydrogens is 368 g/mol. The van der Waals surface area contributed by atoms with Gasteiger partial charge in [0.1, 0.15) is 10.6 Å². The van der Waals surface area contributed by atoms with Crippen LogP contribution in [0.1, 0.15) is 30.6 Å². The molecule has 0 spiro atoms. The number of rotatable bonds is 8. The molecule has 27 heavy (non-hydrogen) atoms. The number of nitrogens with one attached hydrogen (secondary N) is 2. The van der Waals surface area contributed by atoms with Gasteiger partial charge in [-0.05, 0) is 55.8 Å². The molecule has 0 aliphatic rings. The minimum absolute atomic E-state index is 0.0264. The van der Waals surface area contributed by atoms with Crippen LogP contribution in [0.3, 0.4) is 0 Å². The lowest BCUT2D eigenvalue weighted by Gasteiger charge is -2.18. The summed E-state index contributed by atoms with van der Waals surface area (Å²) in [7, 11) is -1.16. The van der Waals surface area contributed by atoms with E-state index in [0.29, 0.717) is 17.1 Å². The first-order valence-corrected chi connectivity index (χ1v) is 9.94. The Balaban J connectivity index is 2.44. The van der Waals surface area contributed by atoms with Crippen molar-refractivity contribution < 1.29 is 22.7 Å². The molecule has 146 valence electrons. The van der Waals surface area contributed by atoms with Gasteiger partial charge in [-0.15, -0.1) is 0 Å². The van der Waals surface area contributed by atoms with E-state index in [2.05, 4.69) is 10.0 Å². The smallest absolute Gasteiger partial charge is 0.337 e. The Morgan fingerprint density at radius 3 is 2.33 bits per heavy atom. The molecule has 0 aliphatic carbocycles. The lowest BCUT2D eigenvalue weighted by atomic mass is 10.2. The van der Waals surface area contributed by atoms with Crippen LogP contribution in [0, 0.1) is 0 Å². The number of methoxy groups -OCH3 is 2. The predicted molar refractivity (Wildman–Crippen MR) is 105 cm³/mol. The number of anilines is 2. The molecule has 1 atom stereocenters. The Morgan fingerprint density at radius 1 is 1.11 bits per heavy atom. The van der Waals surface area contributed by atoms with Crippen molar-refractivity contribution in [2.24, 2.45) is 0 Å². The molecule has 2 N–H and O–H groups in total. The van der Waals surface area contributed by atoms with E-state index in [1.165, 1.54) is 26.4 Å². The van der Waals surface area contributed by atoms with Crippen molar-refractivity contribution in [3.8, 4) is 5.75 Å². The third-order valence-corrected chi connectivity index (χ3v) is 5.47. The van der Waals surface area contributed by atoms with Crippen molar-refractivity contribution in [2.75, 3.05) is 24.3 Å². The van der Waals surface area contributed by atoms with Crippen LogP contribution in [0.2, 0.25) is 0 Å². The maximum atomic E-state index is 13.0. The van der Waals surface area contributed by atoms with Gasteiger partial charge in [0.25, 0.3) is 10.0 Å². The summed E-state index contributed by atoms with van der Waals surface area (Å²) in [6.45, 7) is 3.94. The lowest BCUT2D eigenvalue weighted by molar-refractivity contribution is 0.0600. The van der Waals surface area contributed by atoms with Crippen molar-refractivity contribution in [3.05, 3.63) is 48.0 Å². The number of benzene rings is 2. The molecule has 2 aromatic rings. The molecule has 0 aromatic heterocycles. The molecule has 0 radical (unpaired) electrons. The monoisotopic (exact) mass is 392 g/mol. The molecule has 0 heterocycles. The number of ether oxygens (including phenoxy) is 2. The summed E-state index contributed by atoms with van der Waals surface area (Å²) in [5.41, 5.74) is 0.953. The number of sulfonamides is 1. The average molecular weight is 392 g/mol. The summed E-state index contributed by atoms with van der Waals surface area (Å²) < 4.78 is 38.3. The molecule has 2 rings (SSSR count). The van der Waals surface area contributed by atoms with Crippen LogP contribution in [-0.4, -0.2) is 34.6 Å². The minimum Gasteiger partial charge on any atom is -0.497 e. The SMILES string of the molecule is CCC(C)Nc1ccc(C(=O)OC)cc1S(=O)(=O)Nc1ccc(OC)cc1. The second-order valence-corrected chi connectivity index (χ2v) is 7.64. The van der Waals surface area contributed by atoms with Gasteiger partial charge >= 0.3 is 5.97 Å². The zero-order valence-corrected chi connectivity index (χ0v) is 16.6. The topological polar surface area (TPSA) is 93.7 Å². The van der Waals surface area contributed by atoms with Crippen LogP contribution in [0.5, 0.6) is 5.75 Å². The Kier molecular flexibility index (Phi) is 6.68. The Labute approximate surface area is 159 Å². The molecule has 0 bridgehead atoms. The van der Waals surface area contributed by atoms with E-state index in [1.54, 1.807) is 30.3 Å². The van der Waals surface area contributed by atoms with E-state index in [4.69, 9.17) is 9.47 Å². The van der Waals surface area contributed by atoms with Crippen LogP contribution in [-0.2, 0) is 14.8 Å². The van der Waals surface area contributed by atoms with Gasteiger partial charge in [0.05, 0.1) is 25.5 Å². The molecule has 0 saturated carbocycles. The molecule has 0 amide bonds. The molecule has 7 nitrogen and oxygen atoms in total. The minimum atomic E-state index is -3.94. The lowest BCUT2D eigenvalue weighted by Crippen LogP contribution is -2.20. The van der Waals surface area contributed by atoms with E-state index in [1.807, 2.05) is 13.8 Å². The second-order valence-electron chi connectivity index (χ2n) is 5.99. The van der Waals surface area contributed by atoms with Crippen LogP contribution in [0.25, 0.3) is 0 Å². The number of carbonyl (C=O) groups excluding carboxylic acids is 1. The fourth-order valence-electron chi connectivity index (χ4n) is 2.35. The van der Waals surface area contributed by atoms with E-state index >= 15 is 0 Å². The third kappa shape index (κ3) is 5.13.